The van der Waals surface area contributed by atoms with E-state index < -0.39 is 0 Å². The summed E-state index contributed by atoms with van der Waals surface area (Å²) in [6, 6.07) is 11.7. The van der Waals surface area contributed by atoms with E-state index >= 15 is 0 Å². The number of rotatable bonds is 4. The van der Waals surface area contributed by atoms with Crippen molar-refractivity contribution in [2.75, 3.05) is 13.1 Å². The molecule has 126 valence electrons. The SMILES string of the molecule is S=C(c1cc(Br)c(OCc2ccc(Cl)cc2)c(Br)c1)N1CCCC1. The summed E-state index contributed by atoms with van der Waals surface area (Å²) >= 11 is 18.7. The van der Waals surface area contributed by atoms with Crippen LogP contribution in [0, 0.1) is 0 Å². The minimum Gasteiger partial charge on any atom is -0.487 e. The molecule has 0 radical (unpaired) electrons. The molecule has 0 spiro atoms. The molecule has 2 aromatic rings. The highest BCUT2D eigenvalue weighted by Crippen LogP contribution is 2.36. The Morgan fingerprint density at radius 2 is 1.67 bits per heavy atom. The lowest BCUT2D eigenvalue weighted by Gasteiger charge is -2.20. The van der Waals surface area contributed by atoms with Crippen LogP contribution < -0.4 is 4.74 Å². The van der Waals surface area contributed by atoms with Gasteiger partial charge in [-0.1, -0.05) is 36.0 Å². The van der Waals surface area contributed by atoms with Crippen LogP contribution in [0.4, 0.5) is 0 Å². The highest BCUT2D eigenvalue weighted by Gasteiger charge is 2.18. The van der Waals surface area contributed by atoms with Gasteiger partial charge in [-0.3, -0.25) is 0 Å². The Kier molecular flexibility index (Phi) is 6.19. The molecule has 1 fully saturated rings. The fourth-order valence-electron chi connectivity index (χ4n) is 2.66. The van der Waals surface area contributed by atoms with Gasteiger partial charge in [0, 0.05) is 23.7 Å². The molecule has 0 aliphatic carbocycles. The Morgan fingerprint density at radius 1 is 1.08 bits per heavy atom. The zero-order valence-corrected chi connectivity index (χ0v) is 17.6. The monoisotopic (exact) mass is 487 g/mol. The summed E-state index contributed by atoms with van der Waals surface area (Å²) in [5, 5.41) is 0.723. The van der Waals surface area contributed by atoms with E-state index in [1.807, 2.05) is 36.4 Å². The van der Waals surface area contributed by atoms with Gasteiger partial charge in [0.05, 0.1) is 8.95 Å². The van der Waals surface area contributed by atoms with Crippen LogP contribution in [0.3, 0.4) is 0 Å². The van der Waals surface area contributed by atoms with E-state index in [9.17, 15) is 0 Å². The van der Waals surface area contributed by atoms with E-state index in [0.29, 0.717) is 6.61 Å². The van der Waals surface area contributed by atoms with Gasteiger partial charge in [-0.25, -0.2) is 0 Å². The van der Waals surface area contributed by atoms with Gasteiger partial charge in [0.15, 0.2) is 0 Å². The predicted octanol–water partition coefficient (Wildman–Crippen LogP) is 6.22. The second-order valence-corrected chi connectivity index (χ2v) is 8.22. The largest absolute Gasteiger partial charge is 0.487 e. The van der Waals surface area contributed by atoms with Crippen LogP contribution in [-0.4, -0.2) is 23.0 Å². The highest BCUT2D eigenvalue weighted by atomic mass is 79.9. The number of halogens is 3. The molecule has 1 heterocycles. The van der Waals surface area contributed by atoms with Crippen molar-refractivity contribution in [3.8, 4) is 5.75 Å². The molecule has 0 aromatic heterocycles. The van der Waals surface area contributed by atoms with Crippen LogP contribution in [0.15, 0.2) is 45.3 Å². The van der Waals surface area contributed by atoms with Crippen LogP contribution in [0.1, 0.15) is 24.0 Å². The van der Waals surface area contributed by atoms with Gasteiger partial charge in [0.25, 0.3) is 0 Å². The van der Waals surface area contributed by atoms with E-state index in [1.54, 1.807) is 0 Å². The van der Waals surface area contributed by atoms with Crippen LogP contribution in [0.2, 0.25) is 5.02 Å². The number of benzene rings is 2. The molecule has 0 unspecified atom stereocenters. The quantitative estimate of drug-likeness (QED) is 0.474. The average Bonchev–Trinajstić information content (AvgIpc) is 3.09. The Hall–Kier alpha value is -0.620. The van der Waals surface area contributed by atoms with Gasteiger partial charge in [-0.15, -0.1) is 0 Å². The molecule has 0 saturated carbocycles. The van der Waals surface area contributed by atoms with Crippen molar-refractivity contribution in [2.24, 2.45) is 0 Å². The van der Waals surface area contributed by atoms with E-state index in [-0.39, 0.29) is 0 Å². The smallest absolute Gasteiger partial charge is 0.148 e. The molecule has 2 nitrogen and oxygen atoms in total. The minimum absolute atomic E-state index is 0.476. The van der Waals surface area contributed by atoms with E-state index in [0.717, 1.165) is 48.9 Å². The third kappa shape index (κ3) is 4.31. The number of hydrogen-bond donors (Lipinski definition) is 0. The second kappa shape index (κ2) is 8.17. The lowest BCUT2D eigenvalue weighted by Crippen LogP contribution is -2.26. The summed E-state index contributed by atoms with van der Waals surface area (Å²) in [5.41, 5.74) is 2.10. The molecule has 3 rings (SSSR count). The van der Waals surface area contributed by atoms with Gasteiger partial charge in [-0.05, 0) is 74.5 Å². The summed E-state index contributed by atoms with van der Waals surface area (Å²) in [4.78, 5) is 3.16. The first-order valence-corrected chi connectivity index (χ1v) is 10.1. The molecule has 1 aliphatic heterocycles. The number of ether oxygens (including phenoxy) is 1. The standard InChI is InChI=1S/C18H16Br2ClNOS/c19-15-9-13(18(24)22-7-1-2-8-22)10-16(20)17(15)23-11-12-3-5-14(21)6-4-12/h3-6,9-10H,1-2,7-8,11H2. The zero-order valence-electron chi connectivity index (χ0n) is 12.9. The van der Waals surface area contributed by atoms with Crippen LogP contribution in [0.25, 0.3) is 0 Å². The number of nitrogens with zero attached hydrogens (tertiary/aromatic N) is 1. The van der Waals surface area contributed by atoms with Crippen molar-refractivity contribution < 1.29 is 4.74 Å². The van der Waals surface area contributed by atoms with Gasteiger partial charge >= 0.3 is 0 Å². The molecule has 0 bridgehead atoms. The molecular formula is C18H16Br2ClNOS. The summed E-state index contributed by atoms with van der Waals surface area (Å²) in [7, 11) is 0. The lowest BCUT2D eigenvalue weighted by molar-refractivity contribution is 0.302. The topological polar surface area (TPSA) is 12.5 Å². The molecule has 0 N–H and O–H groups in total. The van der Waals surface area contributed by atoms with E-state index in [2.05, 4.69) is 36.8 Å². The number of likely N-dealkylation sites (tertiary alicyclic amines) is 1. The Labute approximate surface area is 169 Å². The fourth-order valence-corrected chi connectivity index (χ4v) is 4.50. The maximum atomic E-state index is 5.96. The molecule has 1 saturated heterocycles. The molecule has 24 heavy (non-hydrogen) atoms. The average molecular weight is 490 g/mol. The van der Waals surface area contributed by atoms with Gasteiger partial charge in [-0.2, -0.15) is 0 Å². The third-order valence-electron chi connectivity index (χ3n) is 3.93. The number of hydrogen-bond acceptors (Lipinski definition) is 2. The van der Waals surface area contributed by atoms with Crippen LogP contribution in [0.5, 0.6) is 5.75 Å². The zero-order chi connectivity index (χ0) is 17.1. The molecule has 6 heteroatoms. The third-order valence-corrected chi connectivity index (χ3v) is 5.86. The van der Waals surface area contributed by atoms with Crippen molar-refractivity contribution in [3.63, 3.8) is 0 Å². The maximum Gasteiger partial charge on any atom is 0.148 e. The first-order valence-electron chi connectivity index (χ1n) is 7.70. The van der Waals surface area contributed by atoms with Crippen LogP contribution >= 0.6 is 55.7 Å². The second-order valence-electron chi connectivity index (χ2n) is 5.68. The van der Waals surface area contributed by atoms with Crippen molar-refractivity contribution in [2.45, 2.75) is 19.4 Å². The molecule has 0 atom stereocenters. The van der Waals surface area contributed by atoms with Crippen molar-refractivity contribution in [1.29, 1.82) is 0 Å². The summed E-state index contributed by atoms with van der Waals surface area (Å²) in [6.45, 7) is 2.57. The molecule has 1 aliphatic rings. The Bertz CT molecular complexity index is 722. The van der Waals surface area contributed by atoms with Crippen molar-refractivity contribution in [1.82, 2.24) is 4.90 Å². The molecular weight excluding hydrogens is 474 g/mol. The summed E-state index contributed by atoms with van der Waals surface area (Å²) < 4.78 is 7.74. The fraction of sp³-hybridized carbons (Fsp3) is 0.278. The predicted molar refractivity (Wildman–Crippen MR) is 110 cm³/mol. The highest BCUT2D eigenvalue weighted by molar-refractivity contribution is 9.11. The Morgan fingerprint density at radius 3 is 2.25 bits per heavy atom. The normalized spacial score (nSPS) is 14.0. The first kappa shape index (κ1) is 18.2. The van der Waals surface area contributed by atoms with Gasteiger partial charge < -0.3 is 9.64 Å². The van der Waals surface area contributed by atoms with Crippen molar-refractivity contribution >= 4 is 60.7 Å². The number of thiocarbonyl (C=S) groups is 1. The van der Waals surface area contributed by atoms with E-state index in [1.165, 1.54) is 12.8 Å². The summed E-state index contributed by atoms with van der Waals surface area (Å²) in [5.74, 6) is 0.776. The maximum absolute atomic E-state index is 5.96. The molecule has 0 amide bonds. The van der Waals surface area contributed by atoms with Gasteiger partial charge in [0.1, 0.15) is 17.3 Å². The van der Waals surface area contributed by atoms with Crippen LogP contribution in [-0.2, 0) is 6.61 Å². The van der Waals surface area contributed by atoms with Gasteiger partial charge in [0.2, 0.25) is 0 Å². The van der Waals surface area contributed by atoms with E-state index in [4.69, 9.17) is 28.6 Å². The van der Waals surface area contributed by atoms with Crippen molar-refractivity contribution in [3.05, 3.63) is 61.5 Å². The molecule has 2 aromatic carbocycles. The summed E-state index contributed by atoms with van der Waals surface area (Å²) in [6.07, 6.45) is 2.43. The Balaban J connectivity index is 1.74. The lowest BCUT2D eigenvalue weighted by atomic mass is 10.2. The first-order chi connectivity index (χ1) is 11.5. The minimum atomic E-state index is 0.476.